The lowest BCUT2D eigenvalue weighted by molar-refractivity contribution is -0.385. The molecular weight excluding hydrogens is 421 g/mol. The van der Waals surface area contributed by atoms with Crippen LogP contribution < -0.4 is 9.64 Å². The lowest BCUT2D eigenvalue weighted by atomic mass is 9.97. The highest BCUT2D eigenvalue weighted by Gasteiger charge is 2.34. The SMILES string of the molecule is O=C(O)C1CCN(c2ncnc(OCCc3ccccc3C(F)(F)F)c2[N+](=O)[O-])CC1. The molecule has 31 heavy (non-hydrogen) atoms. The van der Waals surface area contributed by atoms with Crippen LogP contribution in [0.2, 0.25) is 0 Å². The van der Waals surface area contributed by atoms with E-state index in [-0.39, 0.29) is 43.4 Å². The number of carbonyl (C=O) groups is 1. The number of benzene rings is 1. The zero-order valence-electron chi connectivity index (χ0n) is 16.2. The van der Waals surface area contributed by atoms with E-state index in [9.17, 15) is 28.1 Å². The quantitative estimate of drug-likeness (QED) is 0.515. The summed E-state index contributed by atoms with van der Waals surface area (Å²) in [6.07, 6.45) is -2.96. The van der Waals surface area contributed by atoms with Gasteiger partial charge in [0.2, 0.25) is 5.82 Å². The Labute approximate surface area is 174 Å². The average molecular weight is 440 g/mol. The number of hydrogen-bond donors (Lipinski definition) is 1. The number of aliphatic carboxylic acids is 1. The highest BCUT2D eigenvalue weighted by atomic mass is 19.4. The highest BCUT2D eigenvalue weighted by Crippen LogP contribution is 2.36. The van der Waals surface area contributed by atoms with Crippen molar-refractivity contribution in [1.29, 1.82) is 0 Å². The van der Waals surface area contributed by atoms with E-state index in [1.54, 1.807) is 4.90 Å². The van der Waals surface area contributed by atoms with Gasteiger partial charge < -0.3 is 14.7 Å². The molecule has 0 amide bonds. The van der Waals surface area contributed by atoms with Gasteiger partial charge in [0, 0.05) is 19.5 Å². The number of halogens is 3. The molecule has 166 valence electrons. The van der Waals surface area contributed by atoms with Crippen LogP contribution in [0, 0.1) is 16.0 Å². The number of ether oxygens (including phenoxy) is 1. The number of rotatable bonds is 7. The summed E-state index contributed by atoms with van der Waals surface area (Å²) in [6, 6.07) is 5.03. The molecule has 1 aromatic carbocycles. The second kappa shape index (κ2) is 9.14. The first-order valence-electron chi connectivity index (χ1n) is 9.43. The number of piperidine rings is 1. The van der Waals surface area contributed by atoms with Crippen molar-refractivity contribution in [2.24, 2.45) is 5.92 Å². The molecule has 1 fully saturated rings. The van der Waals surface area contributed by atoms with Crippen molar-refractivity contribution in [3.8, 4) is 5.88 Å². The van der Waals surface area contributed by atoms with Gasteiger partial charge >= 0.3 is 17.8 Å². The zero-order valence-corrected chi connectivity index (χ0v) is 16.2. The molecule has 0 radical (unpaired) electrons. The monoisotopic (exact) mass is 440 g/mol. The number of hydrogen-bond acceptors (Lipinski definition) is 7. The molecule has 12 heteroatoms. The number of carboxylic acids is 1. The summed E-state index contributed by atoms with van der Waals surface area (Å²) in [5.41, 5.74) is -1.29. The van der Waals surface area contributed by atoms with Gasteiger partial charge in [-0.3, -0.25) is 14.9 Å². The van der Waals surface area contributed by atoms with Crippen molar-refractivity contribution < 1.29 is 32.7 Å². The average Bonchev–Trinajstić information content (AvgIpc) is 2.73. The smallest absolute Gasteiger partial charge is 0.416 e. The molecule has 0 aliphatic carbocycles. The molecule has 0 saturated carbocycles. The van der Waals surface area contributed by atoms with Crippen LogP contribution in [0.3, 0.4) is 0 Å². The van der Waals surface area contributed by atoms with Crippen molar-refractivity contribution in [3.05, 3.63) is 51.8 Å². The Morgan fingerprint density at radius 3 is 2.55 bits per heavy atom. The third-order valence-electron chi connectivity index (χ3n) is 5.03. The Morgan fingerprint density at radius 2 is 1.94 bits per heavy atom. The van der Waals surface area contributed by atoms with Crippen LogP contribution >= 0.6 is 0 Å². The van der Waals surface area contributed by atoms with E-state index >= 15 is 0 Å². The van der Waals surface area contributed by atoms with Crippen molar-refractivity contribution >= 4 is 17.5 Å². The summed E-state index contributed by atoms with van der Waals surface area (Å²) >= 11 is 0. The normalized spacial score (nSPS) is 15.0. The van der Waals surface area contributed by atoms with E-state index in [0.717, 1.165) is 12.4 Å². The van der Waals surface area contributed by atoms with E-state index in [4.69, 9.17) is 9.84 Å². The second-order valence-electron chi connectivity index (χ2n) is 6.96. The molecule has 0 unspecified atom stereocenters. The Bertz CT molecular complexity index is 962. The van der Waals surface area contributed by atoms with Crippen LogP contribution in [0.1, 0.15) is 24.0 Å². The lowest BCUT2D eigenvalue weighted by Gasteiger charge is -2.30. The summed E-state index contributed by atoms with van der Waals surface area (Å²) in [4.78, 5) is 31.4. The number of alkyl halides is 3. The molecule has 9 nitrogen and oxygen atoms in total. The van der Waals surface area contributed by atoms with E-state index < -0.39 is 34.2 Å². The fourth-order valence-electron chi connectivity index (χ4n) is 3.46. The first kappa shape index (κ1) is 22.2. The summed E-state index contributed by atoms with van der Waals surface area (Å²) < 4.78 is 44.7. The molecule has 1 aliphatic rings. The largest absolute Gasteiger partial charge is 0.481 e. The summed E-state index contributed by atoms with van der Waals surface area (Å²) in [6.45, 7) is 0.256. The molecule has 1 saturated heterocycles. The first-order valence-corrected chi connectivity index (χ1v) is 9.43. The lowest BCUT2D eigenvalue weighted by Crippen LogP contribution is -2.37. The number of nitro groups is 1. The molecular formula is C19H19F3N4O5. The highest BCUT2D eigenvalue weighted by molar-refractivity contribution is 5.71. The number of aromatic nitrogens is 2. The minimum absolute atomic E-state index is 0.00248. The Balaban J connectivity index is 1.75. The van der Waals surface area contributed by atoms with Crippen LogP contribution in [-0.4, -0.2) is 45.7 Å². The molecule has 1 aromatic heterocycles. The maximum Gasteiger partial charge on any atom is 0.416 e. The van der Waals surface area contributed by atoms with Crippen molar-refractivity contribution in [2.45, 2.75) is 25.4 Å². The summed E-state index contributed by atoms with van der Waals surface area (Å²) in [5.74, 6) is -1.80. The molecule has 0 spiro atoms. The molecule has 1 aliphatic heterocycles. The van der Waals surface area contributed by atoms with Gasteiger partial charge in [-0.05, 0) is 24.5 Å². The summed E-state index contributed by atoms with van der Waals surface area (Å²) in [7, 11) is 0. The van der Waals surface area contributed by atoms with Gasteiger partial charge in [-0.15, -0.1) is 0 Å². The van der Waals surface area contributed by atoms with Gasteiger partial charge in [0.05, 0.1) is 23.0 Å². The van der Waals surface area contributed by atoms with Gasteiger partial charge in [-0.1, -0.05) is 18.2 Å². The van der Waals surface area contributed by atoms with Crippen molar-refractivity contribution in [2.75, 3.05) is 24.6 Å². The molecule has 0 atom stereocenters. The van der Waals surface area contributed by atoms with E-state index in [2.05, 4.69) is 9.97 Å². The van der Waals surface area contributed by atoms with Crippen LogP contribution in [0.15, 0.2) is 30.6 Å². The van der Waals surface area contributed by atoms with Crippen LogP contribution in [-0.2, 0) is 17.4 Å². The Hall–Kier alpha value is -3.44. The topological polar surface area (TPSA) is 119 Å². The van der Waals surface area contributed by atoms with Crippen molar-refractivity contribution in [3.63, 3.8) is 0 Å². The van der Waals surface area contributed by atoms with Crippen LogP contribution in [0.25, 0.3) is 0 Å². The van der Waals surface area contributed by atoms with Crippen molar-refractivity contribution in [1.82, 2.24) is 9.97 Å². The minimum Gasteiger partial charge on any atom is -0.481 e. The number of carboxylic acid groups (broad SMARTS) is 1. The van der Waals surface area contributed by atoms with Gasteiger partial charge in [0.1, 0.15) is 6.33 Å². The standard InChI is InChI=1S/C19H19F3N4O5/c20-19(21,22)14-4-2-1-3-12(14)7-10-31-17-15(26(29)30)16(23-11-24-17)25-8-5-13(6-9-25)18(27)28/h1-4,11,13H,5-10H2,(H,27,28). The molecule has 1 N–H and O–H groups in total. The predicted molar refractivity (Wildman–Crippen MR) is 102 cm³/mol. The number of nitrogens with zero attached hydrogens (tertiary/aromatic N) is 4. The Morgan fingerprint density at radius 1 is 1.26 bits per heavy atom. The van der Waals surface area contributed by atoms with Gasteiger partial charge in [0.25, 0.3) is 5.88 Å². The Kier molecular flexibility index (Phi) is 6.56. The molecule has 2 heterocycles. The summed E-state index contributed by atoms with van der Waals surface area (Å²) in [5, 5.41) is 20.8. The van der Waals surface area contributed by atoms with Gasteiger partial charge in [0.15, 0.2) is 0 Å². The van der Waals surface area contributed by atoms with Crippen LogP contribution in [0.5, 0.6) is 5.88 Å². The first-order chi connectivity index (χ1) is 14.7. The van der Waals surface area contributed by atoms with E-state index in [1.807, 2.05) is 0 Å². The molecule has 3 rings (SSSR count). The van der Waals surface area contributed by atoms with Gasteiger partial charge in [-0.25, -0.2) is 4.98 Å². The van der Waals surface area contributed by atoms with Gasteiger partial charge in [-0.2, -0.15) is 18.2 Å². The fraction of sp³-hybridized carbons (Fsp3) is 0.421. The van der Waals surface area contributed by atoms with E-state index in [1.165, 1.54) is 18.2 Å². The zero-order chi connectivity index (χ0) is 22.6. The van der Waals surface area contributed by atoms with Crippen LogP contribution in [0.4, 0.5) is 24.7 Å². The second-order valence-corrected chi connectivity index (χ2v) is 6.96. The minimum atomic E-state index is -4.52. The third kappa shape index (κ3) is 5.19. The number of anilines is 1. The fourth-order valence-corrected chi connectivity index (χ4v) is 3.46. The molecule has 2 aromatic rings. The maximum absolute atomic E-state index is 13.1. The predicted octanol–water partition coefficient (Wildman–Crippen LogP) is 3.33. The molecule has 0 bridgehead atoms. The third-order valence-corrected chi connectivity index (χ3v) is 5.03. The van der Waals surface area contributed by atoms with E-state index in [0.29, 0.717) is 12.8 Å². The maximum atomic E-state index is 13.1.